The number of carboxylic acids is 1. The molecule has 1 amide bonds. The molecule has 2 aromatic carbocycles. The van der Waals surface area contributed by atoms with Crippen LogP contribution in [0.3, 0.4) is 0 Å². The van der Waals surface area contributed by atoms with Crippen molar-refractivity contribution in [2.45, 2.75) is 19.0 Å². The summed E-state index contributed by atoms with van der Waals surface area (Å²) in [6.07, 6.45) is 0. The van der Waals surface area contributed by atoms with Gasteiger partial charge in [-0.2, -0.15) is 0 Å². The summed E-state index contributed by atoms with van der Waals surface area (Å²) in [7, 11) is 0. The van der Waals surface area contributed by atoms with Gasteiger partial charge in [-0.15, -0.1) is 0 Å². The number of hydrogen-bond donors (Lipinski definition) is 2. The number of halogens is 1. The van der Waals surface area contributed by atoms with Crippen molar-refractivity contribution in [2.75, 3.05) is 31.1 Å². The molecule has 6 nitrogen and oxygen atoms in total. The van der Waals surface area contributed by atoms with Crippen LogP contribution in [0.5, 0.6) is 0 Å². The van der Waals surface area contributed by atoms with Crippen molar-refractivity contribution in [3.05, 3.63) is 66.0 Å². The van der Waals surface area contributed by atoms with Gasteiger partial charge in [0.1, 0.15) is 5.82 Å². The number of benzene rings is 2. The summed E-state index contributed by atoms with van der Waals surface area (Å²) < 4.78 is 13.1. The number of carbonyl (C=O) groups excluding carboxylic acids is 1. The fraction of sp³-hybridized carbons (Fsp3) is 0.333. The predicted octanol–water partition coefficient (Wildman–Crippen LogP) is 2.28. The van der Waals surface area contributed by atoms with E-state index in [0.29, 0.717) is 31.7 Å². The van der Waals surface area contributed by atoms with Crippen LogP contribution >= 0.6 is 0 Å². The number of nitrogens with one attached hydrogen (secondary N) is 1. The third-order valence-corrected chi connectivity index (χ3v) is 5.10. The minimum absolute atomic E-state index is 0.265. The van der Waals surface area contributed by atoms with E-state index in [9.17, 15) is 19.1 Å². The lowest BCUT2D eigenvalue weighted by molar-refractivity contribution is -0.142. The number of amides is 1. The Bertz CT molecular complexity index is 805. The molecule has 1 heterocycles. The molecule has 0 bridgehead atoms. The van der Waals surface area contributed by atoms with E-state index in [1.807, 2.05) is 4.90 Å². The molecule has 1 fully saturated rings. The number of nitrogens with zero attached hydrogens (tertiary/aromatic N) is 2. The number of aliphatic carboxylic acids is 1. The van der Waals surface area contributed by atoms with Crippen LogP contribution in [0, 0.1) is 5.82 Å². The smallest absolute Gasteiger partial charge is 0.330 e. The number of carbonyl (C=O) groups is 2. The maximum Gasteiger partial charge on any atom is 0.330 e. The van der Waals surface area contributed by atoms with Crippen molar-refractivity contribution in [2.24, 2.45) is 0 Å². The molecule has 2 N–H and O–H groups in total. The lowest BCUT2D eigenvalue weighted by atomic mass is 10.1. The highest BCUT2D eigenvalue weighted by molar-refractivity contribution is 5.87. The highest BCUT2D eigenvalue weighted by atomic mass is 19.1. The molecular formula is C21H24FN3O3. The second-order valence-electron chi connectivity index (χ2n) is 6.87. The minimum atomic E-state index is -1.09. The van der Waals surface area contributed by atoms with Gasteiger partial charge in [-0.3, -0.25) is 9.69 Å². The monoisotopic (exact) mass is 385 g/mol. The van der Waals surface area contributed by atoms with Gasteiger partial charge in [-0.25, -0.2) is 9.18 Å². The van der Waals surface area contributed by atoms with Gasteiger partial charge >= 0.3 is 5.97 Å². The van der Waals surface area contributed by atoms with Crippen molar-refractivity contribution < 1.29 is 19.1 Å². The zero-order valence-corrected chi connectivity index (χ0v) is 15.7. The van der Waals surface area contributed by atoms with Gasteiger partial charge in [-0.05, 0) is 36.8 Å². The molecular weight excluding hydrogens is 361 g/mol. The summed E-state index contributed by atoms with van der Waals surface area (Å²) in [5, 5.41) is 12.1. The van der Waals surface area contributed by atoms with E-state index in [1.165, 1.54) is 12.1 Å². The normalized spacial score (nSPS) is 17.0. The van der Waals surface area contributed by atoms with Crippen LogP contribution in [0.4, 0.5) is 10.1 Å². The number of rotatable bonds is 6. The molecule has 148 valence electrons. The molecule has 2 atom stereocenters. The van der Waals surface area contributed by atoms with Gasteiger partial charge in [0, 0.05) is 31.9 Å². The molecule has 0 saturated carbocycles. The third kappa shape index (κ3) is 4.67. The van der Waals surface area contributed by atoms with Gasteiger partial charge in [0.15, 0.2) is 6.04 Å². The van der Waals surface area contributed by atoms with Gasteiger partial charge in [0.05, 0.1) is 6.04 Å². The van der Waals surface area contributed by atoms with Crippen molar-refractivity contribution in [3.63, 3.8) is 0 Å². The molecule has 0 aromatic heterocycles. The Hall–Kier alpha value is -2.93. The van der Waals surface area contributed by atoms with E-state index < -0.39 is 18.1 Å². The van der Waals surface area contributed by atoms with Crippen LogP contribution in [0.15, 0.2) is 54.6 Å². The first-order valence-corrected chi connectivity index (χ1v) is 9.28. The highest BCUT2D eigenvalue weighted by Gasteiger charge is 2.29. The molecule has 28 heavy (non-hydrogen) atoms. The van der Waals surface area contributed by atoms with Crippen LogP contribution in [-0.2, 0) is 9.59 Å². The maximum absolute atomic E-state index is 13.1. The van der Waals surface area contributed by atoms with Gasteiger partial charge < -0.3 is 15.3 Å². The number of carboxylic acid groups (broad SMARTS) is 1. The summed E-state index contributed by atoms with van der Waals surface area (Å²) >= 11 is 0. The Labute approximate surface area is 163 Å². The molecule has 0 spiro atoms. The Morgan fingerprint density at radius 1 is 1.00 bits per heavy atom. The zero-order chi connectivity index (χ0) is 20.1. The fourth-order valence-electron chi connectivity index (χ4n) is 3.38. The van der Waals surface area contributed by atoms with Gasteiger partial charge in [0.2, 0.25) is 5.91 Å². The van der Waals surface area contributed by atoms with Crippen LogP contribution < -0.4 is 10.2 Å². The topological polar surface area (TPSA) is 72.9 Å². The Morgan fingerprint density at radius 3 is 2.18 bits per heavy atom. The molecule has 7 heteroatoms. The molecule has 1 saturated heterocycles. The van der Waals surface area contributed by atoms with Crippen LogP contribution in [0.1, 0.15) is 18.5 Å². The first-order chi connectivity index (χ1) is 13.5. The Morgan fingerprint density at radius 2 is 1.61 bits per heavy atom. The van der Waals surface area contributed by atoms with E-state index >= 15 is 0 Å². The van der Waals surface area contributed by atoms with E-state index in [0.717, 1.165) is 5.69 Å². The van der Waals surface area contributed by atoms with Gasteiger partial charge in [-0.1, -0.05) is 30.3 Å². The van der Waals surface area contributed by atoms with E-state index in [4.69, 9.17) is 0 Å². The molecule has 3 rings (SSSR count). The zero-order valence-electron chi connectivity index (χ0n) is 15.7. The first-order valence-electron chi connectivity index (χ1n) is 9.28. The second-order valence-corrected chi connectivity index (χ2v) is 6.87. The average molecular weight is 385 g/mol. The average Bonchev–Trinajstić information content (AvgIpc) is 2.72. The van der Waals surface area contributed by atoms with E-state index in [-0.39, 0.29) is 11.7 Å². The summed E-state index contributed by atoms with van der Waals surface area (Å²) in [5.74, 6) is -1.67. The summed E-state index contributed by atoms with van der Waals surface area (Å²) in [6, 6.07) is 13.5. The Kier molecular flexibility index (Phi) is 6.26. The van der Waals surface area contributed by atoms with Crippen molar-refractivity contribution >= 4 is 17.6 Å². The Balaban J connectivity index is 1.58. The predicted molar refractivity (Wildman–Crippen MR) is 105 cm³/mol. The SMILES string of the molecule is CC(C(=O)N[C@@H](C(=O)O)c1ccccc1)N1CCN(c2ccc(F)cc2)CC1. The van der Waals surface area contributed by atoms with Crippen molar-refractivity contribution in [1.29, 1.82) is 0 Å². The molecule has 0 radical (unpaired) electrons. The van der Waals surface area contributed by atoms with E-state index in [1.54, 1.807) is 49.4 Å². The molecule has 2 aromatic rings. The van der Waals surface area contributed by atoms with E-state index in [2.05, 4.69) is 10.2 Å². The van der Waals surface area contributed by atoms with Crippen LogP contribution in [-0.4, -0.2) is 54.1 Å². The molecule has 1 unspecified atom stereocenters. The first kappa shape index (κ1) is 19.8. The fourth-order valence-corrected chi connectivity index (χ4v) is 3.38. The van der Waals surface area contributed by atoms with Gasteiger partial charge in [0.25, 0.3) is 0 Å². The summed E-state index contributed by atoms with van der Waals surface area (Å²) in [4.78, 5) is 28.4. The summed E-state index contributed by atoms with van der Waals surface area (Å²) in [5.41, 5.74) is 1.49. The summed E-state index contributed by atoms with van der Waals surface area (Å²) in [6.45, 7) is 4.53. The maximum atomic E-state index is 13.1. The minimum Gasteiger partial charge on any atom is -0.479 e. The second kappa shape index (κ2) is 8.84. The highest BCUT2D eigenvalue weighted by Crippen LogP contribution is 2.18. The quantitative estimate of drug-likeness (QED) is 0.798. The number of piperazine rings is 1. The third-order valence-electron chi connectivity index (χ3n) is 5.10. The van der Waals surface area contributed by atoms with Crippen LogP contribution in [0.25, 0.3) is 0 Å². The van der Waals surface area contributed by atoms with Crippen molar-refractivity contribution in [3.8, 4) is 0 Å². The molecule has 1 aliphatic rings. The molecule has 0 aliphatic carbocycles. The number of hydrogen-bond acceptors (Lipinski definition) is 4. The lowest BCUT2D eigenvalue weighted by Gasteiger charge is -2.38. The standard InChI is InChI=1S/C21H24FN3O3/c1-15(20(26)23-19(21(27)28)16-5-3-2-4-6-16)24-11-13-25(14-12-24)18-9-7-17(22)8-10-18/h2-10,15,19H,11-14H2,1H3,(H,23,26)(H,27,28)/t15?,19-/m1/s1. The van der Waals surface area contributed by atoms with Crippen LogP contribution in [0.2, 0.25) is 0 Å². The van der Waals surface area contributed by atoms with Crippen molar-refractivity contribution in [1.82, 2.24) is 10.2 Å². The lowest BCUT2D eigenvalue weighted by Crippen LogP contribution is -2.54. The largest absolute Gasteiger partial charge is 0.479 e. The molecule has 1 aliphatic heterocycles. The number of anilines is 1.